The van der Waals surface area contributed by atoms with Crippen molar-refractivity contribution in [1.29, 1.82) is 0 Å². The van der Waals surface area contributed by atoms with Crippen LogP contribution in [0.2, 0.25) is 0 Å². The van der Waals surface area contributed by atoms with Gasteiger partial charge in [0.2, 0.25) is 23.3 Å². The van der Waals surface area contributed by atoms with E-state index in [2.05, 4.69) is 22.6 Å². The van der Waals surface area contributed by atoms with Gasteiger partial charge in [-0.3, -0.25) is 9.59 Å². The molecular formula is C36H45N3O8. The quantitative estimate of drug-likeness (QED) is 0.218. The SMILES string of the molecule is COc1cc(/C=C/C=C/C(=O)NCC2CN(C)C[C@]23CC3NC(=O)/C=C/C=C/c2cc(OC)c(OC)c(OC)c2)cc(OC)c1OC. The van der Waals surface area contributed by atoms with Crippen molar-refractivity contribution < 1.29 is 38.0 Å². The predicted molar refractivity (Wildman–Crippen MR) is 182 cm³/mol. The molecule has 2 aromatic rings. The molecule has 1 saturated heterocycles. The third-order valence-electron chi connectivity index (χ3n) is 8.54. The minimum absolute atomic E-state index is 0.0480. The number of nitrogens with zero attached hydrogens (tertiary/aromatic N) is 1. The highest BCUT2D eigenvalue weighted by molar-refractivity contribution is 5.89. The highest BCUT2D eigenvalue weighted by Gasteiger charge is 2.62. The van der Waals surface area contributed by atoms with E-state index in [1.165, 1.54) is 12.2 Å². The molecule has 11 nitrogen and oxygen atoms in total. The van der Waals surface area contributed by atoms with E-state index >= 15 is 0 Å². The van der Waals surface area contributed by atoms with Crippen molar-refractivity contribution in [2.45, 2.75) is 12.5 Å². The third kappa shape index (κ3) is 8.48. The maximum absolute atomic E-state index is 12.7. The maximum atomic E-state index is 12.7. The molecule has 0 aromatic heterocycles. The largest absolute Gasteiger partial charge is 0.493 e. The number of carbonyl (C=O) groups is 2. The molecule has 1 spiro atoms. The van der Waals surface area contributed by atoms with Crippen LogP contribution in [0.15, 0.2) is 60.7 Å². The summed E-state index contributed by atoms with van der Waals surface area (Å²) >= 11 is 0. The Balaban J connectivity index is 1.27. The monoisotopic (exact) mass is 647 g/mol. The zero-order chi connectivity index (χ0) is 34.0. The van der Waals surface area contributed by atoms with E-state index in [9.17, 15) is 9.59 Å². The number of benzene rings is 2. The van der Waals surface area contributed by atoms with Crippen LogP contribution < -0.4 is 39.1 Å². The van der Waals surface area contributed by atoms with Gasteiger partial charge in [-0.25, -0.2) is 0 Å². The van der Waals surface area contributed by atoms with E-state index in [1.807, 2.05) is 36.4 Å². The molecule has 2 unspecified atom stereocenters. The Kier molecular flexibility index (Phi) is 12.0. The van der Waals surface area contributed by atoms with Gasteiger partial charge in [0.05, 0.1) is 42.7 Å². The second-order valence-electron chi connectivity index (χ2n) is 11.5. The number of methoxy groups -OCH3 is 6. The summed E-state index contributed by atoms with van der Waals surface area (Å²) in [6.45, 7) is 2.26. The highest BCUT2D eigenvalue weighted by Crippen LogP contribution is 2.56. The number of likely N-dealkylation sites (tertiary alicyclic amines) is 1. The maximum Gasteiger partial charge on any atom is 0.244 e. The Morgan fingerprint density at radius 3 is 1.66 bits per heavy atom. The zero-order valence-electron chi connectivity index (χ0n) is 28.1. The lowest BCUT2D eigenvalue weighted by Crippen LogP contribution is -2.36. The first kappa shape index (κ1) is 35.0. The van der Waals surface area contributed by atoms with Gasteiger partial charge in [-0.05, 0) is 54.8 Å². The summed E-state index contributed by atoms with van der Waals surface area (Å²) < 4.78 is 32.3. The summed E-state index contributed by atoms with van der Waals surface area (Å²) in [7, 11) is 11.5. The first-order valence-corrected chi connectivity index (χ1v) is 15.3. The predicted octanol–water partition coefficient (Wildman–Crippen LogP) is 4.13. The van der Waals surface area contributed by atoms with Crippen molar-refractivity contribution in [2.75, 3.05) is 69.3 Å². The Bertz CT molecular complexity index is 1500. The first-order chi connectivity index (χ1) is 22.7. The molecular weight excluding hydrogens is 602 g/mol. The Hall–Kier alpha value is -4.90. The topological polar surface area (TPSA) is 117 Å². The molecule has 252 valence electrons. The van der Waals surface area contributed by atoms with Crippen LogP contribution in [0.25, 0.3) is 12.2 Å². The fraction of sp³-hybridized carbons (Fsp3) is 0.389. The van der Waals surface area contributed by atoms with Crippen molar-refractivity contribution in [3.8, 4) is 34.5 Å². The minimum Gasteiger partial charge on any atom is -0.493 e. The van der Waals surface area contributed by atoms with Crippen LogP contribution in [0.4, 0.5) is 0 Å². The molecule has 2 amide bonds. The van der Waals surface area contributed by atoms with E-state index in [1.54, 1.807) is 67.0 Å². The second kappa shape index (κ2) is 16.1. The van der Waals surface area contributed by atoms with Crippen LogP contribution in [0.5, 0.6) is 34.5 Å². The number of ether oxygens (including phenoxy) is 6. The zero-order valence-corrected chi connectivity index (χ0v) is 28.1. The number of nitrogens with one attached hydrogen (secondary N) is 2. The summed E-state index contributed by atoms with van der Waals surface area (Å²) in [6, 6.07) is 7.38. The lowest BCUT2D eigenvalue weighted by atomic mass is 9.91. The summed E-state index contributed by atoms with van der Waals surface area (Å²) in [5.74, 6) is 3.17. The average Bonchev–Trinajstić information content (AvgIpc) is 3.65. The van der Waals surface area contributed by atoms with E-state index in [0.29, 0.717) is 41.0 Å². The van der Waals surface area contributed by atoms with Crippen LogP contribution in [-0.2, 0) is 9.59 Å². The van der Waals surface area contributed by atoms with Gasteiger partial charge in [-0.2, -0.15) is 0 Å². The van der Waals surface area contributed by atoms with Gasteiger partial charge in [0.1, 0.15) is 0 Å². The summed E-state index contributed by atoms with van der Waals surface area (Å²) in [4.78, 5) is 27.6. The van der Waals surface area contributed by atoms with E-state index in [0.717, 1.165) is 30.6 Å². The molecule has 4 rings (SSSR count). The molecule has 1 heterocycles. The summed E-state index contributed by atoms with van der Waals surface area (Å²) in [6.07, 6.45) is 14.6. The number of allylic oxidation sites excluding steroid dienone is 4. The van der Waals surface area contributed by atoms with Gasteiger partial charge < -0.3 is 44.0 Å². The number of hydrogen-bond donors (Lipinski definition) is 2. The lowest BCUT2D eigenvalue weighted by Gasteiger charge is -2.19. The molecule has 1 aliphatic carbocycles. The number of rotatable bonds is 15. The third-order valence-corrected chi connectivity index (χ3v) is 8.54. The standard InChI is InChI=1S/C36H45N3O8/c1-39-22-26(21-37-32(40)14-10-8-12-24-16-27(42-2)34(46-6)28(17-24)43-3)36(23-39)20-31(36)38-33(41)15-11-9-13-25-18-29(44-4)35(47-7)30(19-25)45-5/h8-19,26,31H,20-23H2,1-7H3,(H,37,40)(H,38,41)/b12-8+,13-9+,14-10+,15-11+/t26?,31?,36-/m1/s1. The molecule has 1 aliphatic heterocycles. The number of carbonyl (C=O) groups excluding carboxylic acids is 2. The van der Waals surface area contributed by atoms with Crippen LogP contribution in [-0.4, -0.2) is 92.1 Å². The average molecular weight is 648 g/mol. The molecule has 0 bridgehead atoms. The van der Waals surface area contributed by atoms with Gasteiger partial charge in [0.15, 0.2) is 23.0 Å². The molecule has 2 aliphatic rings. The van der Waals surface area contributed by atoms with Gasteiger partial charge >= 0.3 is 0 Å². The fourth-order valence-corrected chi connectivity index (χ4v) is 6.18. The van der Waals surface area contributed by atoms with Gasteiger partial charge in [-0.1, -0.05) is 36.5 Å². The van der Waals surface area contributed by atoms with E-state index in [-0.39, 0.29) is 29.2 Å². The van der Waals surface area contributed by atoms with Crippen LogP contribution in [0.3, 0.4) is 0 Å². The Morgan fingerprint density at radius 2 is 1.21 bits per heavy atom. The van der Waals surface area contributed by atoms with Gasteiger partial charge in [0.25, 0.3) is 0 Å². The molecule has 2 N–H and O–H groups in total. The molecule has 11 heteroatoms. The smallest absolute Gasteiger partial charge is 0.244 e. The minimum atomic E-state index is -0.174. The molecule has 2 fully saturated rings. The van der Waals surface area contributed by atoms with Crippen molar-refractivity contribution in [3.63, 3.8) is 0 Å². The number of hydrogen-bond acceptors (Lipinski definition) is 9. The highest BCUT2D eigenvalue weighted by atomic mass is 16.5. The van der Waals surface area contributed by atoms with Gasteiger partial charge in [0, 0.05) is 43.2 Å². The molecule has 2 aromatic carbocycles. The second-order valence-corrected chi connectivity index (χ2v) is 11.5. The molecule has 0 radical (unpaired) electrons. The molecule has 1 saturated carbocycles. The van der Waals surface area contributed by atoms with E-state index < -0.39 is 0 Å². The van der Waals surface area contributed by atoms with Crippen molar-refractivity contribution in [2.24, 2.45) is 11.3 Å². The Labute approximate surface area is 276 Å². The molecule has 47 heavy (non-hydrogen) atoms. The van der Waals surface area contributed by atoms with E-state index in [4.69, 9.17) is 28.4 Å². The van der Waals surface area contributed by atoms with Crippen LogP contribution in [0.1, 0.15) is 17.5 Å². The summed E-state index contributed by atoms with van der Waals surface area (Å²) in [5, 5.41) is 6.19. The van der Waals surface area contributed by atoms with Gasteiger partial charge in [-0.15, -0.1) is 0 Å². The normalized spacial score (nSPS) is 20.7. The molecule has 3 atom stereocenters. The van der Waals surface area contributed by atoms with Crippen LogP contribution in [0, 0.1) is 11.3 Å². The number of amides is 2. The Morgan fingerprint density at radius 1 is 0.745 bits per heavy atom. The fourth-order valence-electron chi connectivity index (χ4n) is 6.18. The lowest BCUT2D eigenvalue weighted by molar-refractivity contribution is -0.117. The van der Waals surface area contributed by atoms with Crippen molar-refractivity contribution in [3.05, 3.63) is 71.8 Å². The van der Waals surface area contributed by atoms with Crippen molar-refractivity contribution in [1.82, 2.24) is 15.5 Å². The van der Waals surface area contributed by atoms with Crippen molar-refractivity contribution >= 4 is 24.0 Å². The van der Waals surface area contributed by atoms with Crippen LogP contribution >= 0.6 is 0 Å². The first-order valence-electron chi connectivity index (χ1n) is 15.3. The summed E-state index contributed by atoms with van der Waals surface area (Å²) in [5.41, 5.74) is 1.63.